The Bertz CT molecular complexity index is 628. The van der Waals surface area contributed by atoms with E-state index in [9.17, 15) is 8.42 Å². The molecule has 2 rings (SSSR count). The molecule has 0 aromatic heterocycles. The van der Waals surface area contributed by atoms with E-state index in [1.807, 2.05) is 6.92 Å². The quantitative estimate of drug-likeness (QED) is 0.825. The molecule has 98 valence electrons. The lowest BCUT2D eigenvalue weighted by Crippen LogP contribution is -2.25. The number of nitrogens with zero attached hydrogens (tertiary/aromatic N) is 2. The van der Waals surface area contributed by atoms with Crippen LogP contribution in [0.2, 0.25) is 0 Å². The average molecular weight is 266 g/mol. The van der Waals surface area contributed by atoms with E-state index in [1.54, 1.807) is 18.2 Å². The molecule has 0 fully saturated rings. The Morgan fingerprint density at radius 2 is 1.83 bits per heavy atom. The second kappa shape index (κ2) is 3.90. The Labute approximate surface area is 108 Å². The third-order valence-corrected chi connectivity index (χ3v) is 5.42. The Balaban J connectivity index is 2.60. The molecular weight excluding hydrogens is 248 g/mol. The van der Waals surface area contributed by atoms with E-state index in [4.69, 9.17) is 0 Å². The van der Waals surface area contributed by atoms with E-state index in [0.29, 0.717) is 4.90 Å². The van der Waals surface area contributed by atoms with Gasteiger partial charge >= 0.3 is 0 Å². The molecule has 5 heteroatoms. The highest BCUT2D eigenvalue weighted by Gasteiger charge is 2.33. The van der Waals surface area contributed by atoms with E-state index < -0.39 is 10.0 Å². The molecule has 1 heterocycles. The zero-order valence-electron chi connectivity index (χ0n) is 11.4. The Morgan fingerprint density at radius 3 is 2.39 bits per heavy atom. The van der Waals surface area contributed by atoms with E-state index >= 15 is 0 Å². The van der Waals surface area contributed by atoms with Gasteiger partial charge in [-0.25, -0.2) is 12.7 Å². The van der Waals surface area contributed by atoms with E-state index in [0.717, 1.165) is 17.0 Å². The first-order chi connectivity index (χ1) is 8.17. The first-order valence-corrected chi connectivity index (χ1v) is 7.24. The second-order valence-corrected chi connectivity index (χ2v) is 7.44. The Morgan fingerprint density at radius 1 is 1.22 bits per heavy atom. The summed E-state index contributed by atoms with van der Waals surface area (Å²) in [5.41, 5.74) is 2.66. The molecule has 0 saturated heterocycles. The number of sulfonamides is 1. The first-order valence-electron chi connectivity index (χ1n) is 5.80. The molecule has 0 N–H and O–H groups in total. The average Bonchev–Trinajstić information content (AvgIpc) is 2.49. The van der Waals surface area contributed by atoms with Gasteiger partial charge in [-0.3, -0.25) is 4.99 Å². The molecule has 0 bridgehead atoms. The van der Waals surface area contributed by atoms with Crippen molar-refractivity contribution in [2.45, 2.75) is 31.1 Å². The zero-order valence-corrected chi connectivity index (χ0v) is 12.2. The van der Waals surface area contributed by atoms with Crippen molar-refractivity contribution in [3.8, 4) is 0 Å². The van der Waals surface area contributed by atoms with Gasteiger partial charge in [0.2, 0.25) is 10.0 Å². The van der Waals surface area contributed by atoms with Gasteiger partial charge in [0.1, 0.15) is 0 Å². The highest BCUT2D eigenvalue weighted by Crippen LogP contribution is 2.40. The van der Waals surface area contributed by atoms with Gasteiger partial charge in [-0.1, -0.05) is 13.8 Å². The van der Waals surface area contributed by atoms with E-state index in [1.165, 1.54) is 18.4 Å². The molecule has 1 aromatic rings. The van der Waals surface area contributed by atoms with Crippen LogP contribution in [-0.4, -0.2) is 32.5 Å². The minimum Gasteiger partial charge on any atom is -0.257 e. The van der Waals surface area contributed by atoms with Gasteiger partial charge in [-0.2, -0.15) is 0 Å². The summed E-state index contributed by atoms with van der Waals surface area (Å²) in [5.74, 6) is 0. The minimum atomic E-state index is -3.38. The molecule has 1 aromatic carbocycles. The smallest absolute Gasteiger partial charge is 0.242 e. The maximum Gasteiger partial charge on any atom is 0.242 e. The molecule has 18 heavy (non-hydrogen) atoms. The summed E-state index contributed by atoms with van der Waals surface area (Å²) in [4.78, 5) is 4.80. The van der Waals surface area contributed by atoms with Crippen molar-refractivity contribution < 1.29 is 8.42 Å². The van der Waals surface area contributed by atoms with Gasteiger partial charge < -0.3 is 0 Å². The predicted molar refractivity (Wildman–Crippen MR) is 73.1 cm³/mol. The number of fused-ring (bicyclic) bond motifs is 1. The summed E-state index contributed by atoms with van der Waals surface area (Å²) in [6.45, 7) is 6.09. The van der Waals surface area contributed by atoms with Gasteiger partial charge in [0.15, 0.2) is 0 Å². The molecule has 0 amide bonds. The zero-order chi connectivity index (χ0) is 13.7. The maximum atomic E-state index is 12.1. The largest absolute Gasteiger partial charge is 0.257 e. The fourth-order valence-electron chi connectivity index (χ4n) is 2.00. The van der Waals surface area contributed by atoms with Crippen molar-refractivity contribution >= 4 is 21.4 Å². The standard InChI is InChI=1S/C13H18N2O2S/c1-9-13(2,3)11-8-10(6-7-12(11)14-9)18(16,17)15(4)5/h6-8H,1-5H3. The number of hydrogen-bond donors (Lipinski definition) is 0. The Kier molecular flexibility index (Phi) is 2.87. The Hall–Kier alpha value is -1.20. The molecule has 4 nitrogen and oxygen atoms in total. The minimum absolute atomic E-state index is 0.201. The summed E-state index contributed by atoms with van der Waals surface area (Å²) in [7, 11) is -0.309. The van der Waals surface area contributed by atoms with Crippen molar-refractivity contribution in [2.24, 2.45) is 4.99 Å². The summed E-state index contributed by atoms with van der Waals surface area (Å²) in [6.07, 6.45) is 0. The van der Waals surface area contributed by atoms with Crippen LogP contribution in [0.15, 0.2) is 28.1 Å². The van der Waals surface area contributed by atoms with Crippen LogP contribution >= 0.6 is 0 Å². The second-order valence-electron chi connectivity index (χ2n) is 5.29. The fourth-order valence-corrected chi connectivity index (χ4v) is 2.93. The fraction of sp³-hybridized carbons (Fsp3) is 0.462. The molecule has 0 radical (unpaired) electrons. The maximum absolute atomic E-state index is 12.1. The molecular formula is C13H18N2O2S. The van der Waals surface area contributed by atoms with Crippen LogP contribution in [0.3, 0.4) is 0 Å². The first kappa shape index (κ1) is 13.2. The molecule has 0 unspecified atom stereocenters. The monoisotopic (exact) mass is 266 g/mol. The highest BCUT2D eigenvalue weighted by atomic mass is 32.2. The van der Waals surface area contributed by atoms with Crippen molar-refractivity contribution in [3.63, 3.8) is 0 Å². The SMILES string of the molecule is CC1=Nc2ccc(S(=O)(=O)N(C)C)cc2C1(C)C. The third-order valence-electron chi connectivity index (χ3n) is 3.61. The van der Waals surface area contributed by atoms with Crippen molar-refractivity contribution in [1.29, 1.82) is 0 Å². The van der Waals surface area contributed by atoms with Crippen LogP contribution in [0.5, 0.6) is 0 Å². The summed E-state index contributed by atoms with van der Waals surface area (Å²) < 4.78 is 25.5. The van der Waals surface area contributed by atoms with Gasteiger partial charge in [-0.15, -0.1) is 0 Å². The normalized spacial score (nSPS) is 17.8. The van der Waals surface area contributed by atoms with Gasteiger partial charge in [-0.05, 0) is 30.7 Å². The lowest BCUT2D eigenvalue weighted by molar-refractivity contribution is 0.520. The molecule has 0 aliphatic carbocycles. The van der Waals surface area contributed by atoms with E-state index in [2.05, 4.69) is 18.8 Å². The van der Waals surface area contributed by atoms with Crippen molar-refractivity contribution in [2.75, 3.05) is 14.1 Å². The molecule has 0 saturated carbocycles. The van der Waals surface area contributed by atoms with Crippen LogP contribution in [0, 0.1) is 0 Å². The number of rotatable bonds is 2. The van der Waals surface area contributed by atoms with Crippen LogP contribution in [-0.2, 0) is 15.4 Å². The number of benzene rings is 1. The number of aliphatic imine (C=N–C) groups is 1. The summed E-state index contributed by atoms with van der Waals surface area (Å²) >= 11 is 0. The van der Waals surface area contributed by atoms with E-state index in [-0.39, 0.29) is 5.41 Å². The topological polar surface area (TPSA) is 49.7 Å². The van der Waals surface area contributed by atoms with Gasteiger partial charge in [0, 0.05) is 25.2 Å². The summed E-state index contributed by atoms with van der Waals surface area (Å²) in [5, 5.41) is 0. The number of hydrogen-bond acceptors (Lipinski definition) is 3. The van der Waals surface area contributed by atoms with Crippen molar-refractivity contribution in [1.82, 2.24) is 4.31 Å². The van der Waals surface area contributed by atoms with Crippen LogP contribution in [0.4, 0.5) is 5.69 Å². The van der Waals surface area contributed by atoms with Crippen LogP contribution < -0.4 is 0 Å². The lowest BCUT2D eigenvalue weighted by Gasteiger charge is -2.21. The highest BCUT2D eigenvalue weighted by molar-refractivity contribution is 7.89. The van der Waals surface area contributed by atoms with Gasteiger partial charge in [0.25, 0.3) is 0 Å². The molecule has 1 aliphatic heterocycles. The third kappa shape index (κ3) is 1.78. The van der Waals surface area contributed by atoms with Crippen LogP contribution in [0.1, 0.15) is 26.3 Å². The molecule has 1 aliphatic rings. The lowest BCUT2D eigenvalue weighted by atomic mass is 9.82. The summed E-state index contributed by atoms with van der Waals surface area (Å²) in [6, 6.07) is 5.14. The predicted octanol–water partition coefficient (Wildman–Crippen LogP) is 2.32. The van der Waals surface area contributed by atoms with Crippen LogP contribution in [0.25, 0.3) is 0 Å². The molecule has 0 spiro atoms. The molecule has 0 atom stereocenters. The van der Waals surface area contributed by atoms with Gasteiger partial charge in [0.05, 0.1) is 10.6 Å². The van der Waals surface area contributed by atoms with Crippen molar-refractivity contribution in [3.05, 3.63) is 23.8 Å².